The Morgan fingerprint density at radius 2 is 1.61 bits per heavy atom. The van der Waals surface area contributed by atoms with E-state index in [1.807, 2.05) is 30.3 Å². The summed E-state index contributed by atoms with van der Waals surface area (Å²) in [6, 6.07) is 18.8. The van der Waals surface area contributed by atoms with Crippen molar-refractivity contribution in [1.29, 1.82) is 0 Å². The number of hydrogen-bond acceptors (Lipinski definition) is 4. The molecule has 0 amide bonds. The van der Waals surface area contributed by atoms with Gasteiger partial charge < -0.3 is 20.3 Å². The number of nitrogens with zero attached hydrogens (tertiary/aromatic N) is 3. The number of ether oxygens (including phenoxy) is 1. The van der Waals surface area contributed by atoms with E-state index in [1.165, 1.54) is 11.1 Å². The molecule has 0 bridgehead atoms. The van der Waals surface area contributed by atoms with Crippen molar-refractivity contribution in [2.75, 3.05) is 53.4 Å². The molecule has 0 aliphatic carbocycles. The minimum atomic E-state index is 0. The molecule has 1 saturated heterocycles. The van der Waals surface area contributed by atoms with E-state index in [0.717, 1.165) is 63.9 Å². The average molecular weight is 537 g/mol. The summed E-state index contributed by atoms with van der Waals surface area (Å²) in [7, 11) is 4.00. The van der Waals surface area contributed by atoms with Crippen molar-refractivity contribution in [2.45, 2.75) is 19.5 Å². The van der Waals surface area contributed by atoms with Crippen LogP contribution >= 0.6 is 24.0 Å². The molecule has 170 valence electrons. The molecule has 0 spiro atoms. The minimum Gasteiger partial charge on any atom is -0.494 e. The van der Waals surface area contributed by atoms with Crippen LogP contribution in [0.5, 0.6) is 5.75 Å². The lowest BCUT2D eigenvalue weighted by atomic mass is 10.1. The summed E-state index contributed by atoms with van der Waals surface area (Å²) in [5, 5.41) is 6.73. The Kier molecular flexibility index (Phi) is 11.7. The fraction of sp³-hybridized carbons (Fsp3) is 0.458. The second-order valence-electron chi connectivity index (χ2n) is 7.76. The highest BCUT2D eigenvalue weighted by atomic mass is 127. The molecule has 0 radical (unpaired) electrons. The predicted octanol–water partition coefficient (Wildman–Crippen LogP) is 3.19. The van der Waals surface area contributed by atoms with E-state index in [4.69, 9.17) is 4.74 Å². The first kappa shape index (κ1) is 25.4. The Morgan fingerprint density at radius 1 is 0.935 bits per heavy atom. The van der Waals surface area contributed by atoms with Gasteiger partial charge in [0.15, 0.2) is 5.96 Å². The highest BCUT2D eigenvalue weighted by Gasteiger charge is 2.13. The quantitative estimate of drug-likeness (QED) is 0.223. The van der Waals surface area contributed by atoms with E-state index in [2.05, 4.69) is 56.7 Å². The van der Waals surface area contributed by atoms with Crippen molar-refractivity contribution in [3.05, 3.63) is 65.7 Å². The van der Waals surface area contributed by atoms with Crippen molar-refractivity contribution >= 4 is 29.9 Å². The summed E-state index contributed by atoms with van der Waals surface area (Å²) in [6.07, 6.45) is 0.913. The van der Waals surface area contributed by atoms with Gasteiger partial charge in [0.1, 0.15) is 5.75 Å². The number of nitrogens with one attached hydrogen (secondary N) is 2. The first-order valence-corrected chi connectivity index (χ1v) is 10.8. The Labute approximate surface area is 204 Å². The molecule has 1 fully saturated rings. The highest BCUT2D eigenvalue weighted by Crippen LogP contribution is 2.10. The molecular weight excluding hydrogens is 501 g/mol. The third-order valence-corrected chi connectivity index (χ3v) is 5.33. The molecule has 1 aliphatic rings. The third kappa shape index (κ3) is 9.45. The molecule has 2 N–H and O–H groups in total. The summed E-state index contributed by atoms with van der Waals surface area (Å²) in [5.41, 5.74) is 2.64. The van der Waals surface area contributed by atoms with E-state index >= 15 is 0 Å². The van der Waals surface area contributed by atoms with Gasteiger partial charge in [0, 0.05) is 52.9 Å². The SMILES string of the molecule is CN=C(NCCCOc1ccccc1)NCc1ccc(CN2CCN(C)CC2)cc1.I. The molecule has 0 saturated carbocycles. The molecule has 2 aromatic carbocycles. The zero-order valence-electron chi connectivity index (χ0n) is 18.7. The monoisotopic (exact) mass is 537 g/mol. The van der Waals surface area contributed by atoms with Gasteiger partial charge in [-0.05, 0) is 36.7 Å². The Balaban J connectivity index is 0.00000341. The number of piperazine rings is 1. The number of para-hydroxylation sites is 1. The van der Waals surface area contributed by atoms with Crippen molar-refractivity contribution in [3.8, 4) is 5.75 Å². The fourth-order valence-electron chi connectivity index (χ4n) is 3.42. The number of guanidine groups is 1. The maximum Gasteiger partial charge on any atom is 0.191 e. The van der Waals surface area contributed by atoms with Crippen LogP contribution in [-0.2, 0) is 13.1 Å². The summed E-state index contributed by atoms with van der Waals surface area (Å²) in [5.74, 6) is 1.73. The van der Waals surface area contributed by atoms with Crippen molar-refractivity contribution in [2.24, 2.45) is 4.99 Å². The molecule has 0 aromatic heterocycles. The first-order chi connectivity index (χ1) is 14.7. The van der Waals surface area contributed by atoms with Gasteiger partial charge in [-0.15, -0.1) is 24.0 Å². The zero-order chi connectivity index (χ0) is 21.0. The maximum atomic E-state index is 5.72. The van der Waals surface area contributed by atoms with Crippen LogP contribution in [0.4, 0.5) is 0 Å². The van der Waals surface area contributed by atoms with Crippen molar-refractivity contribution < 1.29 is 4.74 Å². The molecule has 1 heterocycles. The second-order valence-corrected chi connectivity index (χ2v) is 7.76. The van der Waals surface area contributed by atoms with Crippen molar-refractivity contribution in [1.82, 2.24) is 20.4 Å². The molecule has 7 heteroatoms. The summed E-state index contributed by atoms with van der Waals surface area (Å²) >= 11 is 0. The van der Waals surface area contributed by atoms with Crippen LogP contribution in [0.15, 0.2) is 59.6 Å². The largest absolute Gasteiger partial charge is 0.494 e. The standard InChI is InChI=1S/C24H35N5O.HI/c1-25-24(26-13-6-18-30-23-7-4-3-5-8-23)27-19-21-9-11-22(12-10-21)20-29-16-14-28(2)15-17-29;/h3-5,7-12H,6,13-20H2,1-2H3,(H2,25,26,27);1H. The van der Waals surface area contributed by atoms with Crippen LogP contribution in [-0.4, -0.2) is 69.2 Å². The number of halogens is 1. The summed E-state index contributed by atoms with van der Waals surface area (Å²) in [4.78, 5) is 9.22. The Morgan fingerprint density at radius 3 is 2.29 bits per heavy atom. The lowest BCUT2D eigenvalue weighted by Gasteiger charge is -2.32. The van der Waals surface area contributed by atoms with Gasteiger partial charge in [-0.2, -0.15) is 0 Å². The van der Waals surface area contributed by atoms with Crippen LogP contribution in [0.2, 0.25) is 0 Å². The third-order valence-electron chi connectivity index (χ3n) is 5.33. The molecule has 1 aliphatic heterocycles. The van der Waals surface area contributed by atoms with Gasteiger partial charge in [-0.25, -0.2) is 0 Å². The van der Waals surface area contributed by atoms with Crippen LogP contribution in [0.3, 0.4) is 0 Å². The molecule has 0 atom stereocenters. The van der Waals surface area contributed by atoms with Gasteiger partial charge in [0.25, 0.3) is 0 Å². The van der Waals surface area contributed by atoms with E-state index in [0.29, 0.717) is 6.61 Å². The number of likely N-dealkylation sites (N-methyl/N-ethyl adjacent to an activating group) is 1. The van der Waals surface area contributed by atoms with Crippen LogP contribution in [0.25, 0.3) is 0 Å². The van der Waals surface area contributed by atoms with E-state index < -0.39 is 0 Å². The molecule has 31 heavy (non-hydrogen) atoms. The summed E-state index contributed by atoms with van der Waals surface area (Å²) in [6.45, 7) is 7.92. The normalized spacial score (nSPS) is 15.2. The van der Waals surface area contributed by atoms with Crippen LogP contribution in [0.1, 0.15) is 17.5 Å². The topological polar surface area (TPSA) is 52.1 Å². The fourth-order valence-corrected chi connectivity index (χ4v) is 3.42. The first-order valence-electron chi connectivity index (χ1n) is 10.8. The minimum absolute atomic E-state index is 0. The summed E-state index contributed by atoms with van der Waals surface area (Å²) < 4.78 is 5.72. The van der Waals surface area contributed by atoms with E-state index in [9.17, 15) is 0 Å². The smallest absolute Gasteiger partial charge is 0.191 e. The second kappa shape index (κ2) is 14.3. The molecular formula is C24H36IN5O. The molecule has 2 aromatic rings. The van der Waals surface area contributed by atoms with Gasteiger partial charge in [0.2, 0.25) is 0 Å². The molecule has 3 rings (SSSR count). The number of aliphatic imine (C=N–C) groups is 1. The molecule has 0 unspecified atom stereocenters. The Hall–Kier alpha value is -1.84. The maximum absolute atomic E-state index is 5.72. The van der Waals surface area contributed by atoms with Crippen LogP contribution < -0.4 is 15.4 Å². The molecule has 6 nitrogen and oxygen atoms in total. The van der Waals surface area contributed by atoms with Gasteiger partial charge in [-0.1, -0.05) is 42.5 Å². The van der Waals surface area contributed by atoms with Crippen molar-refractivity contribution in [3.63, 3.8) is 0 Å². The predicted molar refractivity (Wildman–Crippen MR) is 139 cm³/mol. The zero-order valence-corrected chi connectivity index (χ0v) is 21.0. The number of hydrogen-bond donors (Lipinski definition) is 2. The van der Waals surface area contributed by atoms with Crippen LogP contribution in [0, 0.1) is 0 Å². The highest BCUT2D eigenvalue weighted by molar-refractivity contribution is 14.0. The van der Waals surface area contributed by atoms with Gasteiger partial charge >= 0.3 is 0 Å². The number of benzene rings is 2. The average Bonchev–Trinajstić information content (AvgIpc) is 2.79. The van der Waals surface area contributed by atoms with E-state index in [1.54, 1.807) is 7.05 Å². The Bertz CT molecular complexity index is 761. The van der Waals surface area contributed by atoms with E-state index in [-0.39, 0.29) is 24.0 Å². The van der Waals surface area contributed by atoms with Gasteiger partial charge in [-0.3, -0.25) is 9.89 Å². The van der Waals surface area contributed by atoms with Gasteiger partial charge in [0.05, 0.1) is 6.61 Å². The lowest BCUT2D eigenvalue weighted by molar-refractivity contribution is 0.148. The number of rotatable bonds is 9. The lowest BCUT2D eigenvalue weighted by Crippen LogP contribution is -2.43.